The molecule has 0 radical (unpaired) electrons. The van der Waals surface area contributed by atoms with E-state index in [1.54, 1.807) is 6.08 Å². The molecular weight excluding hydrogens is 224 g/mol. The molecule has 2 aromatic rings. The number of benzene rings is 2. The summed E-state index contributed by atoms with van der Waals surface area (Å²) in [5.74, 6) is 0. The molecule has 0 amide bonds. The molecule has 0 spiro atoms. The van der Waals surface area contributed by atoms with E-state index < -0.39 is 6.17 Å². The van der Waals surface area contributed by atoms with Crippen LogP contribution in [0.1, 0.15) is 5.56 Å². The first-order chi connectivity index (χ1) is 8.77. The fourth-order valence-electron chi connectivity index (χ4n) is 2.24. The molecule has 1 aliphatic heterocycles. The number of hydrogen-bond acceptors (Lipinski definition) is 3. The minimum Gasteiger partial charge on any atom is -0.306 e. The minimum atomic E-state index is -0.496. The summed E-state index contributed by atoms with van der Waals surface area (Å²) in [4.78, 5) is 0. The first-order valence-electron chi connectivity index (χ1n) is 5.88. The van der Waals surface area contributed by atoms with E-state index in [4.69, 9.17) is 5.73 Å². The maximum atomic E-state index is 10.0. The lowest BCUT2D eigenvalue weighted by atomic mass is 10.0. The number of nitrogens with two attached hydrogens (primary N) is 1. The van der Waals surface area contributed by atoms with Gasteiger partial charge < -0.3 is 5.73 Å². The van der Waals surface area contributed by atoms with Crippen LogP contribution in [0.4, 0.5) is 0 Å². The smallest absolute Gasteiger partial charge is 0.122 e. The fourth-order valence-corrected chi connectivity index (χ4v) is 2.24. The third-order valence-corrected chi connectivity index (χ3v) is 3.16. The highest BCUT2D eigenvalue weighted by molar-refractivity contribution is 5.93. The second kappa shape index (κ2) is 4.29. The maximum absolute atomic E-state index is 10.0. The quantitative estimate of drug-likeness (QED) is 0.803. The number of rotatable bonds is 1. The molecule has 3 heteroatoms. The van der Waals surface area contributed by atoms with Crippen molar-refractivity contribution in [1.29, 1.82) is 0 Å². The predicted molar refractivity (Wildman–Crippen MR) is 72.7 cm³/mol. The van der Waals surface area contributed by atoms with Gasteiger partial charge >= 0.3 is 0 Å². The van der Waals surface area contributed by atoms with E-state index in [9.17, 15) is 5.21 Å². The molecule has 1 aliphatic rings. The average molecular weight is 238 g/mol. The summed E-state index contributed by atoms with van der Waals surface area (Å²) in [5, 5.41) is 13.4. The zero-order chi connectivity index (χ0) is 12.5. The molecule has 1 heterocycles. The lowest BCUT2D eigenvalue weighted by molar-refractivity contribution is -0.0502. The predicted octanol–water partition coefficient (Wildman–Crippen LogP) is 2.73. The zero-order valence-corrected chi connectivity index (χ0v) is 9.82. The molecule has 3 N–H and O–H groups in total. The Kier molecular flexibility index (Phi) is 2.63. The summed E-state index contributed by atoms with van der Waals surface area (Å²) < 4.78 is 0. The van der Waals surface area contributed by atoms with E-state index >= 15 is 0 Å². The van der Waals surface area contributed by atoms with E-state index in [-0.39, 0.29) is 0 Å². The van der Waals surface area contributed by atoms with Crippen LogP contribution < -0.4 is 5.73 Å². The van der Waals surface area contributed by atoms with Gasteiger partial charge in [0.05, 0.1) is 5.70 Å². The van der Waals surface area contributed by atoms with Gasteiger partial charge in [-0.1, -0.05) is 48.5 Å². The highest BCUT2D eigenvalue weighted by Gasteiger charge is 2.18. The van der Waals surface area contributed by atoms with Crippen molar-refractivity contribution in [2.45, 2.75) is 6.17 Å². The van der Waals surface area contributed by atoms with Crippen LogP contribution in [0.15, 0.2) is 60.7 Å². The molecule has 0 aliphatic carbocycles. The summed E-state index contributed by atoms with van der Waals surface area (Å²) in [6, 6.07) is 14.1. The highest BCUT2D eigenvalue weighted by atomic mass is 16.5. The number of allylic oxidation sites excluding steroid dienone is 2. The van der Waals surface area contributed by atoms with Crippen LogP contribution in [0, 0.1) is 0 Å². The molecule has 0 saturated carbocycles. The lowest BCUT2D eigenvalue weighted by Gasteiger charge is -2.27. The van der Waals surface area contributed by atoms with Gasteiger partial charge in [-0.05, 0) is 22.9 Å². The van der Waals surface area contributed by atoms with Crippen LogP contribution in [0.3, 0.4) is 0 Å². The third kappa shape index (κ3) is 1.70. The van der Waals surface area contributed by atoms with Crippen molar-refractivity contribution in [1.82, 2.24) is 5.06 Å². The van der Waals surface area contributed by atoms with E-state index in [0.717, 1.165) is 27.1 Å². The summed E-state index contributed by atoms with van der Waals surface area (Å²) in [6.07, 6.45) is 4.98. The van der Waals surface area contributed by atoms with E-state index in [1.165, 1.54) is 0 Å². The van der Waals surface area contributed by atoms with Gasteiger partial charge in [0.25, 0.3) is 0 Å². The Bertz CT molecular complexity index is 640. The Balaban J connectivity index is 2.21. The van der Waals surface area contributed by atoms with Crippen LogP contribution in [-0.2, 0) is 0 Å². The number of hydroxylamine groups is 2. The van der Waals surface area contributed by atoms with Gasteiger partial charge in [-0.25, -0.2) is 5.06 Å². The number of hydrogen-bond donors (Lipinski definition) is 2. The van der Waals surface area contributed by atoms with Gasteiger partial charge in [-0.3, -0.25) is 5.21 Å². The Hall–Kier alpha value is -2.10. The second-order valence-electron chi connectivity index (χ2n) is 4.30. The van der Waals surface area contributed by atoms with Gasteiger partial charge in [0, 0.05) is 5.56 Å². The summed E-state index contributed by atoms with van der Waals surface area (Å²) >= 11 is 0. The standard InChI is InChI=1S/C15H14N2O/c16-15-10-4-9-14(17(15)18)13-8-3-6-11-5-1-2-7-12(11)13/h1-10,15,18H,16H2. The maximum Gasteiger partial charge on any atom is 0.122 e. The van der Waals surface area contributed by atoms with Crippen molar-refractivity contribution < 1.29 is 5.21 Å². The van der Waals surface area contributed by atoms with Crippen LogP contribution in [0.25, 0.3) is 16.5 Å². The minimum absolute atomic E-state index is 0.496. The van der Waals surface area contributed by atoms with Crippen molar-refractivity contribution >= 4 is 16.5 Å². The monoisotopic (exact) mass is 238 g/mol. The highest BCUT2D eigenvalue weighted by Crippen LogP contribution is 2.28. The Morgan fingerprint density at radius 1 is 1.06 bits per heavy atom. The van der Waals surface area contributed by atoms with Crippen molar-refractivity contribution in [3.05, 3.63) is 66.3 Å². The molecule has 3 rings (SSSR count). The van der Waals surface area contributed by atoms with Gasteiger partial charge in [0.1, 0.15) is 6.17 Å². The van der Waals surface area contributed by atoms with Gasteiger partial charge in [0.2, 0.25) is 0 Å². The molecular formula is C15H14N2O. The summed E-state index contributed by atoms with van der Waals surface area (Å²) in [6.45, 7) is 0. The summed E-state index contributed by atoms with van der Waals surface area (Å²) in [7, 11) is 0. The van der Waals surface area contributed by atoms with Crippen molar-refractivity contribution in [3.63, 3.8) is 0 Å². The average Bonchev–Trinajstić information content (AvgIpc) is 2.41. The van der Waals surface area contributed by atoms with Gasteiger partial charge in [0.15, 0.2) is 0 Å². The molecule has 18 heavy (non-hydrogen) atoms. The molecule has 0 bridgehead atoms. The molecule has 0 fully saturated rings. The SMILES string of the molecule is NC1C=CC=C(c2cccc3ccccc23)N1O. The second-order valence-corrected chi connectivity index (χ2v) is 4.30. The van der Waals surface area contributed by atoms with Crippen LogP contribution in [0.5, 0.6) is 0 Å². The largest absolute Gasteiger partial charge is 0.306 e. The van der Waals surface area contributed by atoms with E-state index in [1.807, 2.05) is 42.5 Å². The van der Waals surface area contributed by atoms with Gasteiger partial charge in [-0.15, -0.1) is 0 Å². The van der Waals surface area contributed by atoms with E-state index in [2.05, 4.69) is 12.1 Å². The van der Waals surface area contributed by atoms with Crippen molar-refractivity contribution in [3.8, 4) is 0 Å². The van der Waals surface area contributed by atoms with Gasteiger partial charge in [-0.2, -0.15) is 0 Å². The summed E-state index contributed by atoms with van der Waals surface area (Å²) in [5.41, 5.74) is 7.50. The molecule has 0 saturated heterocycles. The molecule has 2 aromatic carbocycles. The van der Waals surface area contributed by atoms with Crippen molar-refractivity contribution in [2.75, 3.05) is 0 Å². The van der Waals surface area contributed by atoms with Crippen LogP contribution >= 0.6 is 0 Å². The van der Waals surface area contributed by atoms with E-state index in [0.29, 0.717) is 0 Å². The first kappa shape index (κ1) is 11.0. The zero-order valence-electron chi connectivity index (χ0n) is 9.82. The molecule has 3 nitrogen and oxygen atoms in total. The lowest BCUT2D eigenvalue weighted by Crippen LogP contribution is -2.38. The first-order valence-corrected chi connectivity index (χ1v) is 5.88. The topological polar surface area (TPSA) is 49.5 Å². The third-order valence-electron chi connectivity index (χ3n) is 3.16. The number of fused-ring (bicyclic) bond motifs is 1. The molecule has 0 aromatic heterocycles. The Morgan fingerprint density at radius 3 is 2.72 bits per heavy atom. The Morgan fingerprint density at radius 2 is 1.83 bits per heavy atom. The normalized spacial score (nSPS) is 19.1. The Labute approximate surface area is 105 Å². The number of nitrogens with zero attached hydrogens (tertiary/aromatic N) is 1. The van der Waals surface area contributed by atoms with Crippen LogP contribution in [0.2, 0.25) is 0 Å². The fraction of sp³-hybridized carbons (Fsp3) is 0.0667. The molecule has 1 unspecified atom stereocenters. The van der Waals surface area contributed by atoms with Crippen molar-refractivity contribution in [2.24, 2.45) is 5.73 Å². The molecule has 1 atom stereocenters. The van der Waals surface area contributed by atoms with Crippen LogP contribution in [-0.4, -0.2) is 16.4 Å². The molecule has 90 valence electrons.